The molecule has 5 nitrogen and oxygen atoms in total. The number of amides is 2. The Morgan fingerprint density at radius 2 is 1.79 bits per heavy atom. The van der Waals surface area contributed by atoms with E-state index in [0.29, 0.717) is 11.6 Å². The number of carbonyl (C=O) groups is 2. The SMILES string of the molecule is Cc1nc(C(=O)N2CCC3(CC2)CC(C(=O)N2CCCC2)c2ccccc23)cs1. The molecule has 29 heavy (non-hydrogen) atoms. The molecule has 2 fully saturated rings. The number of hydrogen-bond donors (Lipinski definition) is 0. The minimum atomic E-state index is -0.0206. The van der Waals surface area contributed by atoms with Gasteiger partial charge in [0.25, 0.3) is 5.91 Å². The topological polar surface area (TPSA) is 53.5 Å². The van der Waals surface area contributed by atoms with Gasteiger partial charge in [0.2, 0.25) is 5.91 Å². The van der Waals surface area contributed by atoms with Crippen molar-refractivity contribution in [2.45, 2.75) is 50.4 Å². The van der Waals surface area contributed by atoms with Crippen LogP contribution in [-0.2, 0) is 10.2 Å². The molecule has 0 saturated carbocycles. The molecule has 1 aliphatic carbocycles. The molecular formula is C23H27N3O2S. The summed E-state index contributed by atoms with van der Waals surface area (Å²) in [5.41, 5.74) is 3.15. The lowest BCUT2D eigenvalue weighted by atomic mass is 9.73. The lowest BCUT2D eigenvalue weighted by molar-refractivity contribution is -0.132. The van der Waals surface area contributed by atoms with Crippen LogP contribution in [-0.4, -0.2) is 52.8 Å². The van der Waals surface area contributed by atoms with E-state index in [1.165, 1.54) is 22.5 Å². The lowest BCUT2D eigenvalue weighted by Crippen LogP contribution is -2.45. The lowest BCUT2D eigenvalue weighted by Gasteiger charge is -2.40. The van der Waals surface area contributed by atoms with E-state index in [-0.39, 0.29) is 17.2 Å². The largest absolute Gasteiger partial charge is 0.342 e. The Morgan fingerprint density at radius 3 is 2.48 bits per heavy atom. The number of fused-ring (bicyclic) bond motifs is 2. The van der Waals surface area contributed by atoms with Crippen LogP contribution in [0.5, 0.6) is 0 Å². The normalized spacial score (nSPS) is 22.9. The predicted molar refractivity (Wildman–Crippen MR) is 113 cm³/mol. The summed E-state index contributed by atoms with van der Waals surface area (Å²) in [6.45, 7) is 5.20. The number of rotatable bonds is 2. The second-order valence-corrected chi connectivity index (χ2v) is 9.76. The van der Waals surface area contributed by atoms with Gasteiger partial charge in [-0.1, -0.05) is 24.3 Å². The Hall–Kier alpha value is -2.21. The summed E-state index contributed by atoms with van der Waals surface area (Å²) >= 11 is 1.52. The second-order valence-electron chi connectivity index (χ2n) is 8.70. The maximum absolute atomic E-state index is 13.3. The molecule has 0 N–H and O–H groups in total. The van der Waals surface area contributed by atoms with Crippen molar-refractivity contribution < 1.29 is 9.59 Å². The van der Waals surface area contributed by atoms with Gasteiger partial charge in [-0.3, -0.25) is 9.59 Å². The zero-order valence-corrected chi connectivity index (χ0v) is 17.7. The maximum Gasteiger partial charge on any atom is 0.273 e. The Kier molecular flexibility index (Phi) is 4.69. The van der Waals surface area contributed by atoms with Crippen molar-refractivity contribution in [2.75, 3.05) is 26.2 Å². The van der Waals surface area contributed by atoms with Crippen LogP contribution in [0, 0.1) is 6.92 Å². The van der Waals surface area contributed by atoms with Gasteiger partial charge in [0, 0.05) is 37.0 Å². The van der Waals surface area contributed by atoms with Crippen molar-refractivity contribution in [3.63, 3.8) is 0 Å². The summed E-state index contributed by atoms with van der Waals surface area (Å²) in [7, 11) is 0. The Labute approximate surface area is 175 Å². The number of carbonyl (C=O) groups excluding carboxylic acids is 2. The molecule has 1 spiro atoms. The molecule has 2 saturated heterocycles. The van der Waals surface area contributed by atoms with Gasteiger partial charge in [0.05, 0.1) is 10.9 Å². The van der Waals surface area contributed by atoms with Gasteiger partial charge in [-0.2, -0.15) is 0 Å². The van der Waals surface area contributed by atoms with Crippen LogP contribution in [0.3, 0.4) is 0 Å². The number of nitrogens with zero attached hydrogens (tertiary/aromatic N) is 3. The summed E-state index contributed by atoms with van der Waals surface area (Å²) in [4.78, 5) is 34.4. The Morgan fingerprint density at radius 1 is 1.07 bits per heavy atom. The first-order chi connectivity index (χ1) is 14.1. The molecular weight excluding hydrogens is 382 g/mol. The third-order valence-corrected chi connectivity index (χ3v) is 7.84. The van der Waals surface area contributed by atoms with Crippen LogP contribution in [0.2, 0.25) is 0 Å². The van der Waals surface area contributed by atoms with Gasteiger partial charge in [-0.15, -0.1) is 11.3 Å². The summed E-state index contributed by atoms with van der Waals surface area (Å²) in [6.07, 6.45) is 4.97. The van der Waals surface area contributed by atoms with E-state index in [9.17, 15) is 9.59 Å². The Balaban J connectivity index is 1.36. The van der Waals surface area contributed by atoms with Gasteiger partial charge in [-0.05, 0) is 50.2 Å². The second kappa shape index (κ2) is 7.24. The molecule has 2 amide bonds. The van der Waals surface area contributed by atoms with Crippen LogP contribution >= 0.6 is 11.3 Å². The fourth-order valence-corrected chi connectivity index (χ4v) is 6.09. The predicted octanol–water partition coefficient (Wildman–Crippen LogP) is 3.74. The molecule has 2 aliphatic heterocycles. The quantitative estimate of drug-likeness (QED) is 0.759. The standard InChI is InChI=1S/C23H27N3O2S/c1-16-24-20(15-29-16)22(28)26-12-8-23(9-13-26)14-18(17-6-2-3-7-19(17)23)21(27)25-10-4-5-11-25/h2-3,6-7,15,18H,4-5,8-14H2,1H3. The average Bonchev–Trinajstić information content (AvgIpc) is 3.48. The maximum atomic E-state index is 13.3. The first-order valence-corrected chi connectivity index (χ1v) is 11.5. The van der Waals surface area contributed by atoms with Crippen molar-refractivity contribution in [2.24, 2.45) is 0 Å². The van der Waals surface area contributed by atoms with Crippen LogP contribution in [0.4, 0.5) is 0 Å². The fraction of sp³-hybridized carbons (Fsp3) is 0.522. The summed E-state index contributed by atoms with van der Waals surface area (Å²) < 4.78 is 0. The third-order valence-electron chi connectivity index (χ3n) is 7.06. The van der Waals surface area contributed by atoms with E-state index in [4.69, 9.17) is 0 Å². The van der Waals surface area contributed by atoms with Crippen molar-refractivity contribution in [3.05, 3.63) is 51.5 Å². The number of piperidine rings is 1. The van der Waals surface area contributed by atoms with Gasteiger partial charge < -0.3 is 9.80 Å². The molecule has 6 heteroatoms. The molecule has 1 aromatic heterocycles. The summed E-state index contributed by atoms with van der Waals surface area (Å²) in [5, 5.41) is 2.78. The van der Waals surface area contributed by atoms with E-state index in [2.05, 4.69) is 34.1 Å². The highest BCUT2D eigenvalue weighted by Gasteiger charge is 2.48. The van der Waals surface area contributed by atoms with Gasteiger partial charge in [0.1, 0.15) is 5.69 Å². The number of likely N-dealkylation sites (tertiary alicyclic amines) is 2. The van der Waals surface area contributed by atoms with E-state index >= 15 is 0 Å². The first kappa shape index (κ1) is 18.8. The van der Waals surface area contributed by atoms with E-state index < -0.39 is 0 Å². The molecule has 1 unspecified atom stereocenters. The number of benzene rings is 1. The van der Waals surface area contributed by atoms with Gasteiger partial charge in [0.15, 0.2) is 0 Å². The molecule has 3 heterocycles. The van der Waals surface area contributed by atoms with Crippen LogP contribution in [0.1, 0.15) is 64.6 Å². The van der Waals surface area contributed by atoms with Crippen LogP contribution in [0.25, 0.3) is 0 Å². The molecule has 2 aromatic rings. The Bertz CT molecular complexity index is 939. The number of thiazole rings is 1. The summed E-state index contributed by atoms with van der Waals surface area (Å²) in [6, 6.07) is 8.52. The van der Waals surface area contributed by atoms with Gasteiger partial charge >= 0.3 is 0 Å². The molecule has 5 rings (SSSR count). The summed E-state index contributed by atoms with van der Waals surface area (Å²) in [5.74, 6) is 0.330. The monoisotopic (exact) mass is 409 g/mol. The molecule has 1 aromatic carbocycles. The van der Waals surface area contributed by atoms with Crippen molar-refractivity contribution in [1.29, 1.82) is 0 Å². The molecule has 0 radical (unpaired) electrons. The van der Waals surface area contributed by atoms with Crippen LogP contribution in [0.15, 0.2) is 29.6 Å². The molecule has 0 bridgehead atoms. The fourth-order valence-electron chi connectivity index (χ4n) is 5.51. The van der Waals surface area contributed by atoms with Crippen LogP contribution < -0.4 is 0 Å². The van der Waals surface area contributed by atoms with E-state index in [0.717, 1.165) is 63.3 Å². The highest BCUT2D eigenvalue weighted by molar-refractivity contribution is 7.09. The minimum Gasteiger partial charge on any atom is -0.342 e. The van der Waals surface area contributed by atoms with E-state index in [1.807, 2.05) is 17.2 Å². The van der Waals surface area contributed by atoms with E-state index in [1.54, 1.807) is 0 Å². The van der Waals surface area contributed by atoms with Crippen molar-refractivity contribution >= 4 is 23.2 Å². The zero-order chi connectivity index (χ0) is 20.0. The molecule has 152 valence electrons. The zero-order valence-electron chi connectivity index (χ0n) is 16.9. The highest BCUT2D eigenvalue weighted by atomic mass is 32.1. The smallest absolute Gasteiger partial charge is 0.273 e. The number of aromatic nitrogens is 1. The highest BCUT2D eigenvalue weighted by Crippen LogP contribution is 2.52. The molecule has 1 atom stereocenters. The first-order valence-electron chi connectivity index (χ1n) is 10.7. The van der Waals surface area contributed by atoms with Crippen molar-refractivity contribution in [1.82, 2.24) is 14.8 Å². The minimum absolute atomic E-state index is 0.0193. The molecule has 3 aliphatic rings. The number of hydrogen-bond acceptors (Lipinski definition) is 4. The number of aryl methyl sites for hydroxylation is 1. The van der Waals surface area contributed by atoms with Gasteiger partial charge in [-0.25, -0.2) is 4.98 Å². The average molecular weight is 410 g/mol. The third kappa shape index (κ3) is 3.18. The van der Waals surface area contributed by atoms with Crippen molar-refractivity contribution in [3.8, 4) is 0 Å².